The van der Waals surface area contributed by atoms with E-state index in [1.165, 1.54) is 26.2 Å². The summed E-state index contributed by atoms with van der Waals surface area (Å²) in [4.78, 5) is 49.4. The maximum Gasteiger partial charge on any atom is 0.417 e. The number of Topliss-reactive ketones (excluding diaryl/α,β-unsaturated/α-hetero) is 1. The van der Waals surface area contributed by atoms with E-state index in [-0.39, 0.29) is 19.0 Å². The molecular weight excluding hydrogens is 1070 g/mol. The number of aliphatic hydroxyl groups excluding tert-OH is 3. The van der Waals surface area contributed by atoms with Crippen LogP contribution in [-0.2, 0) is 51.1 Å². The average Bonchev–Trinajstić information content (AvgIpc) is 1.95. The highest BCUT2D eigenvalue weighted by molar-refractivity contribution is 5.99. The molecule has 8 rings (SSSR count). The second-order valence-electron chi connectivity index (χ2n) is 19.6. The molecule has 1 fully saturated rings. The van der Waals surface area contributed by atoms with Crippen LogP contribution in [0.25, 0.3) is 22.3 Å². The molecule has 3 N–H and O–H groups in total. The molecule has 7 aromatic rings. The molecule has 14 nitrogen and oxygen atoms in total. The van der Waals surface area contributed by atoms with Gasteiger partial charge in [-0.15, -0.1) is 6.42 Å². The summed E-state index contributed by atoms with van der Waals surface area (Å²) >= 11 is 0. The smallest absolute Gasteiger partial charge is 0.417 e. The third-order valence-corrected chi connectivity index (χ3v) is 13.3. The number of ketones is 1. The summed E-state index contributed by atoms with van der Waals surface area (Å²) in [6.45, 7) is 7.59. The molecule has 5 atom stereocenters. The first-order valence-electron chi connectivity index (χ1n) is 26.5. The lowest BCUT2D eigenvalue weighted by molar-refractivity contribution is -0.176. The first kappa shape index (κ1) is 63.6. The lowest BCUT2D eigenvalue weighted by Crippen LogP contribution is -2.54. The molecular formula is C71H61N5O9. The van der Waals surface area contributed by atoms with Crippen LogP contribution in [0.15, 0.2) is 164 Å². The number of cyclic esters (lactones) is 1. The van der Waals surface area contributed by atoms with E-state index in [2.05, 4.69) is 98.8 Å². The third kappa shape index (κ3) is 17.0. The molecule has 0 radical (unpaired) electrons. The first-order chi connectivity index (χ1) is 41.0. The quantitative estimate of drug-likeness (QED) is 0.0788. The van der Waals surface area contributed by atoms with E-state index in [4.69, 9.17) is 20.6 Å². The fourth-order valence-electron chi connectivity index (χ4n) is 8.63. The van der Waals surface area contributed by atoms with Crippen LogP contribution in [0.4, 0.5) is 4.79 Å². The maximum atomic E-state index is 14.4. The van der Waals surface area contributed by atoms with Gasteiger partial charge in [0, 0.05) is 38.9 Å². The summed E-state index contributed by atoms with van der Waals surface area (Å²) < 4.78 is 21.0. The molecule has 85 heavy (non-hydrogen) atoms. The fourth-order valence-corrected chi connectivity index (χ4v) is 8.63. The number of amides is 2. The van der Waals surface area contributed by atoms with Gasteiger partial charge >= 0.3 is 6.09 Å². The van der Waals surface area contributed by atoms with Crippen LogP contribution >= 0.6 is 0 Å². The molecule has 5 aromatic carbocycles. The summed E-state index contributed by atoms with van der Waals surface area (Å²) in [5.41, 5.74) is 2.21. The van der Waals surface area contributed by atoms with Gasteiger partial charge in [0.25, 0.3) is 5.91 Å². The molecule has 424 valence electrons. The minimum atomic E-state index is -1.87. The topological polar surface area (TPSA) is 178 Å². The molecule has 1 saturated heterocycles. The minimum absolute atomic E-state index is 0.0150. The van der Waals surface area contributed by atoms with Gasteiger partial charge in [-0.2, -0.15) is 0 Å². The summed E-state index contributed by atoms with van der Waals surface area (Å²) in [5.74, 6) is 36.1. The Morgan fingerprint density at radius 1 is 0.600 bits per heavy atom. The zero-order valence-electron chi connectivity index (χ0n) is 48.0. The van der Waals surface area contributed by atoms with Crippen molar-refractivity contribution in [3.8, 4) is 117 Å². The number of aliphatic hydroxyl groups is 3. The normalized spacial score (nSPS) is 14.3. The number of hydrogen-bond acceptors (Lipinski definition) is 11. The van der Waals surface area contributed by atoms with Crippen molar-refractivity contribution in [2.24, 2.45) is 14.1 Å². The molecule has 1 aliphatic heterocycles. The van der Waals surface area contributed by atoms with Gasteiger partial charge in [0.15, 0.2) is 17.0 Å². The number of carbonyl (C=O) groups excluding carboxylic acids is 3. The van der Waals surface area contributed by atoms with Crippen molar-refractivity contribution in [2.75, 3.05) is 6.61 Å². The predicted octanol–water partition coefficient (Wildman–Crippen LogP) is 8.92. The molecule has 3 heterocycles. The Morgan fingerprint density at radius 3 is 1.36 bits per heavy atom. The van der Waals surface area contributed by atoms with Crippen molar-refractivity contribution in [2.45, 2.75) is 82.9 Å². The summed E-state index contributed by atoms with van der Waals surface area (Å²) in [7, 11) is 3.44. The Bertz CT molecular complexity index is 3950. The zero-order chi connectivity index (χ0) is 61.2. The average molecular weight is 1130 g/mol. The number of imidazole rings is 2. The molecule has 0 bridgehead atoms. The fraction of sp³-hybridized carbons (Fsp3) is 0.225. The van der Waals surface area contributed by atoms with Crippen molar-refractivity contribution in [1.29, 1.82) is 0 Å². The Balaban J connectivity index is 0.000000224. The van der Waals surface area contributed by atoms with Gasteiger partial charge in [0.05, 0.1) is 13.2 Å². The molecule has 0 aliphatic carbocycles. The number of nitrogens with zero attached hydrogens (tertiary/aromatic N) is 5. The van der Waals surface area contributed by atoms with Crippen LogP contribution in [0, 0.1) is 95.2 Å². The zero-order valence-corrected chi connectivity index (χ0v) is 48.0. The van der Waals surface area contributed by atoms with Crippen LogP contribution in [0.1, 0.15) is 81.2 Å². The molecule has 1 aliphatic rings. The van der Waals surface area contributed by atoms with Crippen LogP contribution in [0.5, 0.6) is 0 Å². The van der Waals surface area contributed by atoms with Gasteiger partial charge in [-0.1, -0.05) is 145 Å². The van der Waals surface area contributed by atoms with Crippen molar-refractivity contribution >= 4 is 17.8 Å². The van der Waals surface area contributed by atoms with Crippen LogP contribution < -0.4 is 0 Å². The van der Waals surface area contributed by atoms with Crippen molar-refractivity contribution in [3.05, 3.63) is 193 Å². The standard InChI is InChI=1S/C32H33N3O5.C22H24N2O4.C17H4/c1-31(2)26(25-13-9-6-10-14-25)35(30(38)40-31)29(37)32(3,27(36)28-33-19-20-34(28)4)39-21-22-15-17-24(18-16-22)23-11-7-5-8-12-23;1-22(19(26)14-25,20(27)21-23-12-13-24(21)2)28-15-16-8-10-18(11-9-16)17-6-4-3-5-7-17;1-3-5-7-9-11-13-15-17-16-14-12-10-8-6-4-2/h5-20,26-27,36H,21H2,1-4H3;3-13,20,25,27H,14-15H2,1-2H3;1H,2H3/t26-,27-,32-;20-,22+;/m00./s1. The molecule has 0 spiro atoms. The number of rotatable bonds is 16. The Kier molecular flexibility index (Phi) is 23.2. The number of aromatic nitrogens is 4. The third-order valence-electron chi connectivity index (χ3n) is 13.3. The van der Waals surface area contributed by atoms with Crippen molar-refractivity contribution in [1.82, 2.24) is 24.0 Å². The lowest BCUT2D eigenvalue weighted by Gasteiger charge is -2.37. The minimum Gasteiger partial charge on any atom is -0.440 e. The van der Waals surface area contributed by atoms with E-state index in [1.54, 1.807) is 56.4 Å². The number of aryl methyl sites for hydroxylation is 2. The highest BCUT2D eigenvalue weighted by atomic mass is 16.6. The van der Waals surface area contributed by atoms with E-state index in [0.717, 1.165) is 43.8 Å². The Morgan fingerprint density at radius 2 is 0.976 bits per heavy atom. The monoisotopic (exact) mass is 1130 g/mol. The van der Waals surface area contributed by atoms with Gasteiger partial charge in [-0.05, 0) is 156 Å². The predicted molar refractivity (Wildman–Crippen MR) is 324 cm³/mol. The van der Waals surface area contributed by atoms with Gasteiger partial charge in [-0.25, -0.2) is 19.7 Å². The van der Waals surface area contributed by atoms with Crippen LogP contribution in [0.2, 0.25) is 0 Å². The Labute approximate surface area is 497 Å². The van der Waals surface area contributed by atoms with Crippen molar-refractivity contribution < 1.29 is 43.9 Å². The van der Waals surface area contributed by atoms with Gasteiger partial charge in [0.2, 0.25) is 0 Å². The van der Waals surface area contributed by atoms with Crippen LogP contribution in [0.3, 0.4) is 0 Å². The molecule has 2 amide bonds. The van der Waals surface area contributed by atoms with Gasteiger partial charge < -0.3 is 38.7 Å². The number of carbonyl (C=O) groups is 3. The largest absolute Gasteiger partial charge is 0.440 e. The second-order valence-corrected chi connectivity index (χ2v) is 19.6. The molecule has 0 unspecified atom stereocenters. The van der Waals surface area contributed by atoms with Crippen LogP contribution in [-0.4, -0.2) is 80.5 Å². The van der Waals surface area contributed by atoms with E-state index >= 15 is 0 Å². The molecule has 2 aromatic heterocycles. The number of benzene rings is 5. The van der Waals surface area contributed by atoms with E-state index in [0.29, 0.717) is 5.82 Å². The van der Waals surface area contributed by atoms with Crippen molar-refractivity contribution in [3.63, 3.8) is 0 Å². The number of terminal acetylenes is 1. The first-order valence-corrected chi connectivity index (χ1v) is 26.5. The van der Waals surface area contributed by atoms with Gasteiger partial charge in [0.1, 0.15) is 42.1 Å². The van der Waals surface area contributed by atoms with Gasteiger partial charge in [-0.3, -0.25) is 9.59 Å². The highest BCUT2D eigenvalue weighted by Crippen LogP contribution is 2.44. The lowest BCUT2D eigenvalue weighted by atomic mass is 9.89. The van der Waals surface area contributed by atoms with E-state index in [1.807, 2.05) is 140 Å². The maximum absolute atomic E-state index is 14.4. The van der Waals surface area contributed by atoms with E-state index < -0.39 is 59.4 Å². The van der Waals surface area contributed by atoms with E-state index in [9.17, 15) is 29.7 Å². The summed E-state index contributed by atoms with van der Waals surface area (Å²) in [6, 6.07) is 44.1. The second kappa shape index (κ2) is 31.0. The highest BCUT2D eigenvalue weighted by Gasteiger charge is 2.58. The Hall–Kier alpha value is -10.6. The molecule has 0 saturated carbocycles. The molecule has 14 heteroatoms. The number of hydrogen-bond donors (Lipinski definition) is 3. The number of imide groups is 1. The summed E-state index contributed by atoms with van der Waals surface area (Å²) in [6.07, 6.45) is 7.71. The number of ether oxygens (including phenoxy) is 3. The summed E-state index contributed by atoms with van der Waals surface area (Å²) in [5, 5.41) is 31.7. The SMILES string of the molecule is C#CC#CC#CC#CC#CC#CC#CC#CC.Cn1ccnc1[C@H](O)[C@](C)(OCc1ccc(-c2ccccc2)cc1)C(=O)CO.Cn1ccnc1[C@H](O)[C@](C)(OCc1ccc(-c2ccccc2)cc1)C(=O)N1C(=O)OC(C)(C)[C@@H]1c1ccccc1.